The molecule has 0 heterocycles. The number of hydrogen-bond acceptors (Lipinski definition) is 3. The van der Waals surface area contributed by atoms with E-state index >= 15 is 0 Å². The van der Waals surface area contributed by atoms with Crippen LogP contribution in [0.25, 0.3) is 0 Å². The van der Waals surface area contributed by atoms with E-state index in [1.165, 1.54) is 0 Å². The van der Waals surface area contributed by atoms with Crippen LogP contribution < -0.4 is 0 Å². The summed E-state index contributed by atoms with van der Waals surface area (Å²) < 4.78 is 13.3. The number of phenols is 2. The molecule has 0 unspecified atom stereocenters. The Kier molecular flexibility index (Phi) is 2.77. The van der Waals surface area contributed by atoms with E-state index in [1.54, 1.807) is 0 Å². The summed E-state index contributed by atoms with van der Waals surface area (Å²) in [6, 6.07) is 0.966. The van der Waals surface area contributed by atoms with Gasteiger partial charge in [0.2, 0.25) is 0 Å². The molecule has 0 spiro atoms. The summed E-state index contributed by atoms with van der Waals surface area (Å²) in [5.41, 5.74) is -1.18. The van der Waals surface area contributed by atoms with Crippen LogP contribution in [0.1, 0.15) is 24.8 Å². The van der Waals surface area contributed by atoms with E-state index in [0.717, 1.165) is 12.5 Å². The summed E-state index contributed by atoms with van der Waals surface area (Å²) in [5, 5.41) is 28.3. The van der Waals surface area contributed by atoms with Gasteiger partial charge in [0.15, 0.2) is 17.3 Å². The van der Waals surface area contributed by atoms with Crippen molar-refractivity contribution < 1.29 is 24.5 Å². The number of carbonyl (C=O) groups is 1. The van der Waals surface area contributed by atoms with Gasteiger partial charge in [0.05, 0.1) is 5.41 Å². The Hall–Kier alpha value is -1.30. The van der Waals surface area contributed by atoms with Gasteiger partial charge in [0.1, 0.15) is 0 Å². The molecule has 17 heavy (non-hydrogen) atoms. The maximum Gasteiger partial charge on any atom is 0.314 e. The lowest BCUT2D eigenvalue weighted by Crippen LogP contribution is -2.42. The molecule has 3 N–H and O–H groups in total. The summed E-state index contributed by atoms with van der Waals surface area (Å²) in [4.78, 5) is 11.3. The maximum absolute atomic E-state index is 13.1. The summed E-state index contributed by atoms with van der Waals surface area (Å²) in [7, 11) is 0. The third kappa shape index (κ3) is 1.58. The third-order valence-corrected chi connectivity index (χ3v) is 3.90. The first-order valence-electron chi connectivity index (χ1n) is 5.04. The van der Waals surface area contributed by atoms with Crippen molar-refractivity contribution in [1.82, 2.24) is 0 Å². The highest BCUT2D eigenvalue weighted by Crippen LogP contribution is 2.52. The summed E-state index contributed by atoms with van der Waals surface area (Å²) in [6.07, 6.45) is 1.44. The van der Waals surface area contributed by atoms with E-state index in [1.807, 2.05) is 0 Å². The van der Waals surface area contributed by atoms with Crippen LogP contribution in [0.3, 0.4) is 0 Å². The van der Waals surface area contributed by atoms with Crippen molar-refractivity contribution in [2.45, 2.75) is 24.7 Å². The van der Waals surface area contributed by atoms with E-state index in [9.17, 15) is 24.5 Å². The summed E-state index contributed by atoms with van der Waals surface area (Å²) >= 11 is 3.04. The Morgan fingerprint density at radius 2 is 1.94 bits per heavy atom. The number of rotatable bonds is 2. The predicted molar refractivity (Wildman–Crippen MR) is 60.6 cm³/mol. The zero-order valence-corrected chi connectivity index (χ0v) is 10.3. The standard InChI is InChI=1S/C11H10BrFO4/c12-5-4-6(13)8(14)9(15)7(5)11(10(16)17)2-1-3-11/h4,14-15H,1-3H2,(H,16,17). The van der Waals surface area contributed by atoms with Gasteiger partial charge in [-0.15, -0.1) is 0 Å². The highest BCUT2D eigenvalue weighted by atomic mass is 79.9. The molecular weight excluding hydrogens is 295 g/mol. The first-order valence-corrected chi connectivity index (χ1v) is 5.83. The zero-order valence-electron chi connectivity index (χ0n) is 8.70. The second-order valence-electron chi connectivity index (χ2n) is 4.15. The monoisotopic (exact) mass is 304 g/mol. The van der Waals surface area contributed by atoms with E-state index in [-0.39, 0.29) is 10.0 Å². The minimum absolute atomic E-state index is 0.0511. The van der Waals surface area contributed by atoms with Crippen molar-refractivity contribution in [1.29, 1.82) is 0 Å². The van der Waals surface area contributed by atoms with Gasteiger partial charge in [-0.1, -0.05) is 22.4 Å². The fourth-order valence-electron chi connectivity index (χ4n) is 2.15. The van der Waals surface area contributed by atoms with Crippen LogP contribution in [0, 0.1) is 5.82 Å². The molecular formula is C11H10BrFO4. The molecule has 92 valence electrons. The molecule has 0 saturated heterocycles. The van der Waals surface area contributed by atoms with Crippen molar-refractivity contribution in [2.75, 3.05) is 0 Å². The Balaban J connectivity index is 2.67. The number of hydrogen-bond donors (Lipinski definition) is 3. The summed E-state index contributed by atoms with van der Waals surface area (Å²) in [5.74, 6) is -3.67. The lowest BCUT2D eigenvalue weighted by Gasteiger charge is -2.39. The molecule has 0 aliphatic heterocycles. The molecule has 2 rings (SSSR count). The first kappa shape index (κ1) is 12.2. The van der Waals surface area contributed by atoms with Crippen molar-refractivity contribution in [3.63, 3.8) is 0 Å². The SMILES string of the molecule is O=C(O)C1(c2c(Br)cc(F)c(O)c2O)CCC1. The molecule has 0 aromatic heterocycles. The molecule has 0 amide bonds. The van der Waals surface area contributed by atoms with E-state index in [0.29, 0.717) is 12.8 Å². The van der Waals surface area contributed by atoms with E-state index < -0.39 is 28.7 Å². The quantitative estimate of drug-likeness (QED) is 0.734. The van der Waals surface area contributed by atoms with Crippen LogP contribution >= 0.6 is 15.9 Å². The Morgan fingerprint density at radius 1 is 1.35 bits per heavy atom. The van der Waals surface area contributed by atoms with Crippen LogP contribution in [0.5, 0.6) is 11.5 Å². The Labute approximate surface area is 105 Å². The topological polar surface area (TPSA) is 77.8 Å². The second kappa shape index (κ2) is 3.87. The van der Waals surface area contributed by atoms with E-state index in [4.69, 9.17) is 0 Å². The minimum Gasteiger partial charge on any atom is -0.504 e. The van der Waals surface area contributed by atoms with Gasteiger partial charge in [-0.05, 0) is 18.9 Å². The predicted octanol–water partition coefficient (Wildman–Crippen LogP) is 2.51. The lowest BCUT2D eigenvalue weighted by atomic mass is 9.64. The lowest BCUT2D eigenvalue weighted by molar-refractivity contribution is -0.147. The summed E-state index contributed by atoms with van der Waals surface area (Å²) in [6.45, 7) is 0. The van der Waals surface area contributed by atoms with Crippen LogP contribution in [0.2, 0.25) is 0 Å². The number of benzene rings is 1. The van der Waals surface area contributed by atoms with Gasteiger partial charge in [-0.25, -0.2) is 4.39 Å². The average Bonchev–Trinajstić information content (AvgIpc) is 2.17. The number of aromatic hydroxyl groups is 2. The van der Waals surface area contributed by atoms with Gasteiger partial charge in [0, 0.05) is 10.0 Å². The molecule has 0 atom stereocenters. The molecule has 4 nitrogen and oxygen atoms in total. The maximum atomic E-state index is 13.1. The minimum atomic E-state index is -1.23. The van der Waals surface area contributed by atoms with Crippen LogP contribution in [0.15, 0.2) is 10.5 Å². The van der Waals surface area contributed by atoms with Crippen molar-refractivity contribution >= 4 is 21.9 Å². The van der Waals surface area contributed by atoms with Crippen molar-refractivity contribution in [3.8, 4) is 11.5 Å². The van der Waals surface area contributed by atoms with Gasteiger partial charge >= 0.3 is 5.97 Å². The molecule has 1 fully saturated rings. The van der Waals surface area contributed by atoms with Crippen molar-refractivity contribution in [2.24, 2.45) is 0 Å². The Bertz CT molecular complexity index is 497. The van der Waals surface area contributed by atoms with Crippen LogP contribution in [0.4, 0.5) is 4.39 Å². The molecule has 1 aliphatic carbocycles. The third-order valence-electron chi connectivity index (χ3n) is 3.27. The first-order chi connectivity index (χ1) is 7.90. The molecule has 1 aromatic carbocycles. The molecule has 0 bridgehead atoms. The number of phenolic OH excluding ortho intramolecular Hbond substituents is 2. The number of carboxylic acid groups (broad SMARTS) is 1. The molecule has 0 radical (unpaired) electrons. The largest absolute Gasteiger partial charge is 0.504 e. The van der Waals surface area contributed by atoms with E-state index in [2.05, 4.69) is 15.9 Å². The van der Waals surface area contributed by atoms with Gasteiger partial charge in [0.25, 0.3) is 0 Å². The van der Waals surface area contributed by atoms with Gasteiger partial charge in [-0.2, -0.15) is 0 Å². The molecule has 1 saturated carbocycles. The van der Waals surface area contributed by atoms with Crippen molar-refractivity contribution in [3.05, 3.63) is 21.9 Å². The smallest absolute Gasteiger partial charge is 0.314 e. The second-order valence-corrected chi connectivity index (χ2v) is 5.01. The molecule has 1 aromatic rings. The van der Waals surface area contributed by atoms with Crippen LogP contribution in [-0.2, 0) is 10.2 Å². The Morgan fingerprint density at radius 3 is 2.35 bits per heavy atom. The fourth-order valence-corrected chi connectivity index (χ4v) is 2.92. The normalized spacial score (nSPS) is 17.5. The highest BCUT2D eigenvalue weighted by Gasteiger charge is 2.49. The number of halogens is 2. The fraction of sp³-hybridized carbons (Fsp3) is 0.364. The molecule has 6 heteroatoms. The highest BCUT2D eigenvalue weighted by molar-refractivity contribution is 9.10. The van der Waals surface area contributed by atoms with Crippen LogP contribution in [-0.4, -0.2) is 21.3 Å². The van der Waals surface area contributed by atoms with Gasteiger partial charge in [-0.3, -0.25) is 4.79 Å². The zero-order chi connectivity index (χ0) is 12.8. The average molecular weight is 305 g/mol. The van der Waals surface area contributed by atoms with Gasteiger partial charge < -0.3 is 15.3 Å². The molecule has 1 aliphatic rings. The number of carboxylic acids is 1. The number of aliphatic carboxylic acids is 1.